The van der Waals surface area contributed by atoms with E-state index in [9.17, 15) is 22.0 Å². The van der Waals surface area contributed by atoms with Crippen LogP contribution in [0.1, 0.15) is 12.8 Å². The van der Waals surface area contributed by atoms with Gasteiger partial charge in [-0.1, -0.05) is 0 Å². The Hall–Kier alpha value is -1.50. The molecule has 0 heterocycles. The number of benzene rings is 1. The Labute approximate surface area is 109 Å². The van der Waals surface area contributed by atoms with Gasteiger partial charge in [-0.05, 0) is 30.9 Å². The first-order valence-electron chi connectivity index (χ1n) is 5.64. The van der Waals surface area contributed by atoms with Crippen LogP contribution in [0.15, 0.2) is 23.1 Å². The molecule has 0 aliphatic heterocycles. The topological polar surface area (TPSA) is 60.4 Å². The number of sulfone groups is 1. The molecule has 0 aromatic heterocycles. The largest absolute Gasteiger partial charge is 0.468 e. The quantitative estimate of drug-likeness (QED) is 0.625. The number of esters is 1. The number of ether oxygens (including phenoxy) is 1. The van der Waals surface area contributed by atoms with Gasteiger partial charge in [-0.25, -0.2) is 17.2 Å². The molecule has 0 bridgehead atoms. The third-order valence-corrected chi connectivity index (χ3v) is 5.21. The van der Waals surface area contributed by atoms with Crippen molar-refractivity contribution in [2.24, 2.45) is 5.92 Å². The van der Waals surface area contributed by atoms with Crippen molar-refractivity contribution in [2.75, 3.05) is 7.11 Å². The first-order chi connectivity index (χ1) is 8.87. The third-order valence-electron chi connectivity index (χ3n) is 3.02. The summed E-state index contributed by atoms with van der Waals surface area (Å²) in [5, 5.41) is -1.42. The van der Waals surface area contributed by atoms with Crippen molar-refractivity contribution in [3.8, 4) is 0 Å². The van der Waals surface area contributed by atoms with Gasteiger partial charge in [0.05, 0.1) is 7.11 Å². The van der Waals surface area contributed by atoms with Crippen LogP contribution in [-0.4, -0.2) is 26.7 Å². The number of carbonyl (C=O) groups excluding carboxylic acids is 1. The average molecular weight is 290 g/mol. The van der Waals surface area contributed by atoms with E-state index in [0.717, 1.165) is 19.2 Å². The Balaban J connectivity index is 2.47. The predicted octanol–water partition coefficient (Wildman–Crippen LogP) is 1.69. The second-order valence-corrected chi connectivity index (χ2v) is 6.44. The van der Waals surface area contributed by atoms with E-state index in [2.05, 4.69) is 4.74 Å². The zero-order chi connectivity index (χ0) is 14.2. The van der Waals surface area contributed by atoms with Crippen molar-refractivity contribution < 1.29 is 26.7 Å². The van der Waals surface area contributed by atoms with Gasteiger partial charge in [0.2, 0.25) is 0 Å². The molecule has 1 aromatic carbocycles. The van der Waals surface area contributed by atoms with E-state index >= 15 is 0 Å². The summed E-state index contributed by atoms with van der Waals surface area (Å²) < 4.78 is 55.4. The first-order valence-corrected chi connectivity index (χ1v) is 7.19. The molecule has 1 saturated carbocycles. The maximum absolute atomic E-state index is 13.6. The molecule has 2 rings (SSSR count). The van der Waals surface area contributed by atoms with Gasteiger partial charge < -0.3 is 4.74 Å². The molecule has 1 aliphatic carbocycles. The van der Waals surface area contributed by atoms with Crippen molar-refractivity contribution in [1.82, 2.24) is 0 Å². The maximum Gasteiger partial charge on any atom is 0.324 e. The van der Waals surface area contributed by atoms with Gasteiger partial charge in [-0.15, -0.1) is 0 Å². The molecule has 1 unspecified atom stereocenters. The van der Waals surface area contributed by atoms with Crippen LogP contribution >= 0.6 is 0 Å². The Morgan fingerprint density at radius 3 is 2.47 bits per heavy atom. The van der Waals surface area contributed by atoms with E-state index in [0.29, 0.717) is 18.9 Å². The number of rotatable bonds is 4. The van der Waals surface area contributed by atoms with Gasteiger partial charge in [0.15, 0.2) is 15.1 Å². The summed E-state index contributed by atoms with van der Waals surface area (Å²) in [7, 11) is -3.14. The SMILES string of the molecule is COC(=O)C(C1CC1)S(=O)(=O)c1ccc(F)cc1F. The van der Waals surface area contributed by atoms with Gasteiger partial charge in [-0.2, -0.15) is 0 Å². The van der Waals surface area contributed by atoms with Crippen LogP contribution in [-0.2, 0) is 19.4 Å². The molecule has 4 nitrogen and oxygen atoms in total. The van der Waals surface area contributed by atoms with Crippen LogP contribution in [0.2, 0.25) is 0 Å². The summed E-state index contributed by atoms with van der Waals surface area (Å²) in [4.78, 5) is 10.9. The van der Waals surface area contributed by atoms with Crippen molar-refractivity contribution in [3.05, 3.63) is 29.8 Å². The Morgan fingerprint density at radius 1 is 1.37 bits per heavy atom. The second kappa shape index (κ2) is 4.88. The summed E-state index contributed by atoms with van der Waals surface area (Å²) in [5.74, 6) is -3.35. The molecule has 104 valence electrons. The molecule has 0 N–H and O–H groups in total. The summed E-state index contributed by atoms with van der Waals surface area (Å²) in [6, 6.07) is 2.16. The van der Waals surface area contributed by atoms with Crippen LogP contribution in [0.3, 0.4) is 0 Å². The highest BCUT2D eigenvalue weighted by Gasteiger charge is 2.47. The molecule has 19 heavy (non-hydrogen) atoms. The van der Waals surface area contributed by atoms with Crippen molar-refractivity contribution in [1.29, 1.82) is 0 Å². The lowest BCUT2D eigenvalue weighted by molar-refractivity contribution is -0.140. The molecular formula is C12H12F2O4S. The minimum absolute atomic E-state index is 0.359. The normalized spacial score (nSPS) is 17.0. The fraction of sp³-hybridized carbons (Fsp3) is 0.417. The molecule has 0 spiro atoms. The van der Waals surface area contributed by atoms with E-state index < -0.39 is 37.6 Å². The Morgan fingerprint density at radius 2 is 2.00 bits per heavy atom. The first kappa shape index (κ1) is 13.9. The van der Waals surface area contributed by atoms with E-state index in [1.807, 2.05) is 0 Å². The number of carbonyl (C=O) groups is 1. The Kier molecular flexibility index (Phi) is 3.58. The summed E-state index contributed by atoms with van der Waals surface area (Å²) in [6.45, 7) is 0. The minimum Gasteiger partial charge on any atom is -0.468 e. The van der Waals surface area contributed by atoms with E-state index in [-0.39, 0.29) is 5.92 Å². The van der Waals surface area contributed by atoms with Crippen LogP contribution in [0.4, 0.5) is 8.78 Å². The van der Waals surface area contributed by atoms with E-state index in [1.54, 1.807) is 0 Å². The van der Waals surface area contributed by atoms with Crippen LogP contribution in [0.25, 0.3) is 0 Å². The molecule has 1 atom stereocenters. The Bertz CT molecular complexity index is 608. The maximum atomic E-state index is 13.6. The van der Waals surface area contributed by atoms with Crippen molar-refractivity contribution in [3.63, 3.8) is 0 Å². The minimum atomic E-state index is -4.21. The van der Waals surface area contributed by atoms with E-state index in [1.165, 1.54) is 0 Å². The number of methoxy groups -OCH3 is 1. The van der Waals surface area contributed by atoms with Gasteiger partial charge >= 0.3 is 5.97 Å². The predicted molar refractivity (Wildman–Crippen MR) is 62.1 cm³/mol. The zero-order valence-corrected chi connectivity index (χ0v) is 10.9. The molecular weight excluding hydrogens is 278 g/mol. The smallest absolute Gasteiger partial charge is 0.324 e. The standard InChI is InChI=1S/C12H12F2O4S/c1-18-12(15)11(7-2-3-7)19(16,17)10-5-4-8(13)6-9(10)14/h4-7,11H,2-3H2,1H3. The van der Waals surface area contributed by atoms with Crippen molar-refractivity contribution >= 4 is 15.8 Å². The fourth-order valence-electron chi connectivity index (χ4n) is 1.93. The van der Waals surface area contributed by atoms with Gasteiger partial charge in [0.1, 0.15) is 16.5 Å². The average Bonchev–Trinajstić information content (AvgIpc) is 3.12. The molecule has 0 radical (unpaired) electrons. The number of hydrogen-bond acceptors (Lipinski definition) is 4. The summed E-state index contributed by atoms with van der Waals surface area (Å²) >= 11 is 0. The third kappa shape index (κ3) is 2.60. The number of hydrogen-bond donors (Lipinski definition) is 0. The highest BCUT2D eigenvalue weighted by molar-refractivity contribution is 7.92. The van der Waals surface area contributed by atoms with Gasteiger partial charge in [-0.3, -0.25) is 4.79 Å². The van der Waals surface area contributed by atoms with Gasteiger partial charge in [0, 0.05) is 6.07 Å². The molecule has 1 aliphatic rings. The monoisotopic (exact) mass is 290 g/mol. The van der Waals surface area contributed by atoms with Crippen LogP contribution < -0.4 is 0 Å². The lowest BCUT2D eigenvalue weighted by atomic mass is 10.3. The van der Waals surface area contributed by atoms with E-state index in [4.69, 9.17) is 0 Å². The van der Waals surface area contributed by atoms with Crippen LogP contribution in [0.5, 0.6) is 0 Å². The molecule has 0 saturated heterocycles. The molecule has 1 aromatic rings. The summed E-state index contributed by atoms with van der Waals surface area (Å²) in [6.07, 6.45) is 1.14. The lowest BCUT2D eigenvalue weighted by Gasteiger charge is -2.15. The molecule has 1 fully saturated rings. The van der Waals surface area contributed by atoms with Crippen LogP contribution in [0, 0.1) is 17.6 Å². The fourth-order valence-corrected chi connectivity index (χ4v) is 3.92. The highest BCUT2D eigenvalue weighted by Crippen LogP contribution is 2.39. The lowest BCUT2D eigenvalue weighted by Crippen LogP contribution is -2.34. The second-order valence-electron chi connectivity index (χ2n) is 4.40. The number of halogens is 2. The zero-order valence-electron chi connectivity index (χ0n) is 10.1. The van der Waals surface area contributed by atoms with Gasteiger partial charge in [0.25, 0.3) is 0 Å². The molecule has 0 amide bonds. The summed E-state index contributed by atoms with van der Waals surface area (Å²) in [5.41, 5.74) is 0. The van der Waals surface area contributed by atoms with Crippen molar-refractivity contribution in [2.45, 2.75) is 23.0 Å². The molecule has 7 heteroatoms. The highest BCUT2D eigenvalue weighted by atomic mass is 32.2.